The molecule has 1 amide bonds. The van der Waals surface area contributed by atoms with E-state index in [1.807, 2.05) is 6.92 Å². The number of hydrogen-bond donors (Lipinski definition) is 1. The molecule has 9 heteroatoms. The third kappa shape index (κ3) is 4.79. The fourth-order valence-corrected chi connectivity index (χ4v) is 2.74. The van der Waals surface area contributed by atoms with Crippen molar-refractivity contribution >= 4 is 17.0 Å². The number of halogens is 1. The number of carbonyl (C=O) groups is 1. The van der Waals surface area contributed by atoms with Crippen molar-refractivity contribution in [3.63, 3.8) is 0 Å². The lowest BCUT2D eigenvalue weighted by Crippen LogP contribution is -2.35. The minimum Gasteiger partial charge on any atom is -0.488 e. The van der Waals surface area contributed by atoms with Crippen LogP contribution in [-0.2, 0) is 4.79 Å². The predicted octanol–water partition coefficient (Wildman–Crippen LogP) is 3.12. The molecule has 0 radical (unpaired) electrons. The summed E-state index contributed by atoms with van der Waals surface area (Å²) >= 11 is 0. The van der Waals surface area contributed by atoms with Gasteiger partial charge in [0.2, 0.25) is 17.7 Å². The van der Waals surface area contributed by atoms with Crippen LogP contribution >= 0.6 is 0 Å². The number of amides is 1. The second-order valence-electron chi connectivity index (χ2n) is 7.16. The minimum atomic E-state index is -0.695. The molecule has 3 aromatic rings. The smallest absolute Gasteiger partial charge is 0.255 e. The molecule has 0 aliphatic heterocycles. The first-order valence-electron chi connectivity index (χ1n) is 9.44. The standard InChI is InChI=1S/C20H21FN4O4/c1-11(23-12(2)26)9-28-18-7-17-15(8-22-18)25-20(29-17)14-5-6-16(19(21)24-14)27-10-13-3-4-13/h5-8,11,13H,3-4,9-10H2,1-2H3,(H,23,26)/t11-/m0/s1. The monoisotopic (exact) mass is 400 g/mol. The van der Waals surface area contributed by atoms with Crippen molar-refractivity contribution < 1.29 is 23.1 Å². The number of carbonyl (C=O) groups excluding carboxylic acids is 1. The van der Waals surface area contributed by atoms with E-state index in [4.69, 9.17) is 13.9 Å². The van der Waals surface area contributed by atoms with Gasteiger partial charge in [-0.2, -0.15) is 4.39 Å². The van der Waals surface area contributed by atoms with E-state index in [0.29, 0.717) is 29.5 Å². The highest BCUT2D eigenvalue weighted by Gasteiger charge is 2.23. The number of ether oxygens (including phenoxy) is 2. The summed E-state index contributed by atoms with van der Waals surface area (Å²) in [7, 11) is 0. The van der Waals surface area contributed by atoms with Gasteiger partial charge in [-0.05, 0) is 37.8 Å². The molecule has 8 nitrogen and oxygen atoms in total. The third-order valence-electron chi connectivity index (χ3n) is 4.39. The van der Waals surface area contributed by atoms with Gasteiger partial charge in [-0.3, -0.25) is 4.79 Å². The largest absolute Gasteiger partial charge is 0.488 e. The van der Waals surface area contributed by atoms with Crippen LogP contribution in [-0.4, -0.2) is 40.1 Å². The van der Waals surface area contributed by atoms with Crippen molar-refractivity contribution in [1.29, 1.82) is 0 Å². The number of nitrogens with one attached hydrogen (secondary N) is 1. The summed E-state index contributed by atoms with van der Waals surface area (Å²) in [6.45, 7) is 4.04. The molecule has 1 saturated carbocycles. The lowest BCUT2D eigenvalue weighted by atomic mass is 10.3. The van der Waals surface area contributed by atoms with Crippen molar-refractivity contribution in [3.05, 3.63) is 30.3 Å². The minimum absolute atomic E-state index is 0.127. The second kappa shape index (κ2) is 8.02. The lowest BCUT2D eigenvalue weighted by Gasteiger charge is -2.12. The molecule has 3 aromatic heterocycles. The number of pyridine rings is 2. The maximum Gasteiger partial charge on any atom is 0.255 e. The highest BCUT2D eigenvalue weighted by molar-refractivity contribution is 5.75. The van der Waals surface area contributed by atoms with Gasteiger partial charge in [-0.15, -0.1) is 0 Å². The Morgan fingerprint density at radius 1 is 1.34 bits per heavy atom. The molecule has 0 bridgehead atoms. The molecule has 0 spiro atoms. The predicted molar refractivity (Wildman–Crippen MR) is 102 cm³/mol. The molecule has 1 aliphatic rings. The Hall–Kier alpha value is -3.23. The van der Waals surface area contributed by atoms with Crippen LogP contribution in [0.2, 0.25) is 0 Å². The van der Waals surface area contributed by atoms with Crippen LogP contribution in [0.15, 0.2) is 28.8 Å². The molecule has 152 valence electrons. The van der Waals surface area contributed by atoms with Gasteiger partial charge < -0.3 is 19.2 Å². The molecule has 1 atom stereocenters. The van der Waals surface area contributed by atoms with Crippen molar-refractivity contribution in [1.82, 2.24) is 20.3 Å². The average Bonchev–Trinajstić information content (AvgIpc) is 3.41. The molecule has 1 fully saturated rings. The second-order valence-corrected chi connectivity index (χ2v) is 7.16. The molecule has 29 heavy (non-hydrogen) atoms. The lowest BCUT2D eigenvalue weighted by molar-refractivity contribution is -0.119. The molecule has 4 rings (SSSR count). The first kappa shape index (κ1) is 19.1. The molecular weight excluding hydrogens is 379 g/mol. The van der Waals surface area contributed by atoms with E-state index in [1.54, 1.807) is 12.1 Å². The van der Waals surface area contributed by atoms with Gasteiger partial charge in [0.25, 0.3) is 5.95 Å². The summed E-state index contributed by atoms with van der Waals surface area (Å²) in [5.41, 5.74) is 1.20. The first-order valence-corrected chi connectivity index (χ1v) is 9.44. The summed E-state index contributed by atoms with van der Waals surface area (Å²) < 4.78 is 31.0. The Bertz CT molecular complexity index is 1030. The van der Waals surface area contributed by atoms with Crippen LogP contribution in [0.3, 0.4) is 0 Å². The summed E-state index contributed by atoms with van der Waals surface area (Å²) in [5.74, 6) is 0.338. The van der Waals surface area contributed by atoms with Crippen LogP contribution in [0.5, 0.6) is 11.6 Å². The van der Waals surface area contributed by atoms with Gasteiger partial charge in [0, 0.05) is 13.0 Å². The molecule has 1 aliphatic carbocycles. The zero-order valence-corrected chi connectivity index (χ0v) is 16.1. The molecule has 0 unspecified atom stereocenters. The Labute approximate surface area is 166 Å². The number of rotatable bonds is 8. The number of fused-ring (bicyclic) bond motifs is 1. The van der Waals surface area contributed by atoms with E-state index in [2.05, 4.69) is 20.3 Å². The number of aromatic nitrogens is 3. The number of nitrogens with zero attached hydrogens (tertiary/aromatic N) is 3. The van der Waals surface area contributed by atoms with Gasteiger partial charge in [0.1, 0.15) is 17.8 Å². The summed E-state index contributed by atoms with van der Waals surface area (Å²) in [4.78, 5) is 23.4. The Morgan fingerprint density at radius 2 is 2.17 bits per heavy atom. The summed E-state index contributed by atoms with van der Waals surface area (Å²) in [6.07, 6.45) is 3.76. The van der Waals surface area contributed by atoms with Gasteiger partial charge in [-0.25, -0.2) is 15.0 Å². The van der Waals surface area contributed by atoms with E-state index in [9.17, 15) is 9.18 Å². The quantitative estimate of drug-likeness (QED) is 0.580. The summed E-state index contributed by atoms with van der Waals surface area (Å²) in [6, 6.07) is 4.57. The molecule has 1 N–H and O–H groups in total. The van der Waals surface area contributed by atoms with Crippen LogP contribution in [0.25, 0.3) is 22.7 Å². The zero-order valence-electron chi connectivity index (χ0n) is 16.1. The van der Waals surface area contributed by atoms with Crippen LogP contribution in [0, 0.1) is 11.9 Å². The number of oxazole rings is 1. The van der Waals surface area contributed by atoms with Crippen LogP contribution in [0.4, 0.5) is 4.39 Å². The van der Waals surface area contributed by atoms with Crippen molar-refractivity contribution in [2.45, 2.75) is 32.7 Å². The maximum absolute atomic E-state index is 14.2. The van der Waals surface area contributed by atoms with Gasteiger partial charge in [0.05, 0.1) is 18.8 Å². The van der Waals surface area contributed by atoms with Gasteiger partial charge >= 0.3 is 0 Å². The highest BCUT2D eigenvalue weighted by Crippen LogP contribution is 2.31. The van der Waals surface area contributed by atoms with Crippen molar-refractivity contribution in [3.8, 4) is 23.2 Å². The van der Waals surface area contributed by atoms with Crippen LogP contribution in [0.1, 0.15) is 26.7 Å². The van der Waals surface area contributed by atoms with E-state index in [1.165, 1.54) is 19.2 Å². The fraction of sp³-hybridized carbons (Fsp3) is 0.400. The van der Waals surface area contributed by atoms with E-state index < -0.39 is 5.95 Å². The SMILES string of the molecule is CC(=O)N[C@@H](C)COc1cc2oc(-c3ccc(OCC4CC4)c(F)n3)nc2cn1. The van der Waals surface area contributed by atoms with E-state index in [0.717, 1.165) is 12.8 Å². The van der Waals surface area contributed by atoms with Gasteiger partial charge in [0.15, 0.2) is 11.3 Å². The first-order chi connectivity index (χ1) is 14.0. The molecule has 3 heterocycles. The summed E-state index contributed by atoms with van der Waals surface area (Å²) in [5, 5.41) is 2.72. The molecule has 0 saturated heterocycles. The molecular formula is C20H21FN4O4. The van der Waals surface area contributed by atoms with Crippen molar-refractivity contribution in [2.24, 2.45) is 5.92 Å². The number of hydrogen-bond acceptors (Lipinski definition) is 7. The Morgan fingerprint density at radius 3 is 2.90 bits per heavy atom. The van der Waals surface area contributed by atoms with E-state index in [-0.39, 0.29) is 35.9 Å². The fourth-order valence-electron chi connectivity index (χ4n) is 2.74. The maximum atomic E-state index is 14.2. The molecule has 0 aromatic carbocycles. The van der Waals surface area contributed by atoms with Crippen molar-refractivity contribution in [2.75, 3.05) is 13.2 Å². The third-order valence-corrected chi connectivity index (χ3v) is 4.39. The normalized spacial score (nSPS) is 14.6. The Balaban J connectivity index is 1.46. The average molecular weight is 400 g/mol. The Kier molecular flexibility index (Phi) is 5.28. The van der Waals surface area contributed by atoms with Crippen LogP contribution < -0.4 is 14.8 Å². The highest BCUT2D eigenvalue weighted by atomic mass is 19.1. The van der Waals surface area contributed by atoms with Gasteiger partial charge in [-0.1, -0.05) is 0 Å². The van der Waals surface area contributed by atoms with E-state index >= 15 is 0 Å². The zero-order chi connectivity index (χ0) is 20.4. The topological polar surface area (TPSA) is 99.4 Å².